The van der Waals surface area contributed by atoms with Gasteiger partial charge in [0.05, 0.1) is 21.3 Å². The van der Waals surface area contributed by atoms with E-state index in [1.165, 1.54) is 0 Å². The Morgan fingerprint density at radius 2 is 1.76 bits per heavy atom. The first-order chi connectivity index (χ1) is 14.2. The van der Waals surface area contributed by atoms with Crippen LogP contribution in [0, 0.1) is 0 Å². The van der Waals surface area contributed by atoms with Gasteiger partial charge in [-0.05, 0) is 55.7 Å². The molecule has 0 aliphatic carbocycles. The summed E-state index contributed by atoms with van der Waals surface area (Å²) in [6.45, 7) is 0.885. The predicted molar refractivity (Wildman–Crippen MR) is 115 cm³/mol. The molecule has 2 heterocycles. The molecular formula is C22H24ClN3O3. The molecule has 152 valence electrons. The molecule has 1 aliphatic heterocycles. The third-order valence-corrected chi connectivity index (χ3v) is 5.40. The third-order valence-electron chi connectivity index (χ3n) is 5.16. The van der Waals surface area contributed by atoms with Gasteiger partial charge in [0.2, 0.25) is 0 Å². The minimum Gasteiger partial charge on any atom is -0.497 e. The van der Waals surface area contributed by atoms with Crippen LogP contribution in [0.2, 0.25) is 5.02 Å². The van der Waals surface area contributed by atoms with E-state index in [-0.39, 0.29) is 0 Å². The van der Waals surface area contributed by atoms with Crippen molar-refractivity contribution in [1.29, 1.82) is 0 Å². The zero-order chi connectivity index (χ0) is 20.4. The molecule has 0 saturated carbocycles. The number of halogens is 1. The topological polar surface area (TPSA) is 57.5 Å². The van der Waals surface area contributed by atoms with Crippen molar-refractivity contribution >= 4 is 17.4 Å². The van der Waals surface area contributed by atoms with Crippen molar-refractivity contribution in [2.75, 3.05) is 33.2 Å². The van der Waals surface area contributed by atoms with Gasteiger partial charge in [-0.3, -0.25) is 0 Å². The molecule has 0 spiro atoms. The summed E-state index contributed by atoms with van der Waals surface area (Å²) < 4.78 is 18.5. The van der Waals surface area contributed by atoms with E-state index in [2.05, 4.69) is 5.32 Å². The van der Waals surface area contributed by atoms with Gasteiger partial charge in [-0.25, -0.2) is 4.68 Å². The van der Waals surface area contributed by atoms with Crippen LogP contribution in [0.25, 0.3) is 16.9 Å². The first-order valence-electron chi connectivity index (χ1n) is 9.58. The molecule has 29 heavy (non-hydrogen) atoms. The van der Waals surface area contributed by atoms with Crippen LogP contribution in [0.3, 0.4) is 0 Å². The number of methoxy groups -OCH3 is 3. The van der Waals surface area contributed by atoms with Gasteiger partial charge in [-0.2, -0.15) is 5.10 Å². The Morgan fingerprint density at radius 1 is 0.966 bits per heavy atom. The summed E-state index contributed by atoms with van der Waals surface area (Å²) in [6.07, 6.45) is 3.09. The molecule has 4 rings (SSSR count). The maximum absolute atomic E-state index is 6.30. The normalized spacial score (nSPS) is 13.2. The Bertz CT molecular complexity index is 1030. The van der Waals surface area contributed by atoms with E-state index >= 15 is 0 Å². The van der Waals surface area contributed by atoms with Crippen LogP contribution in [0.15, 0.2) is 36.4 Å². The third kappa shape index (κ3) is 3.60. The average molecular weight is 414 g/mol. The molecule has 3 aromatic rings. The standard InChI is InChI=1S/C22H24ClN3O3/c1-27-15-8-10-19(28-2)17(13-15)21-16-6-4-5-11-24-22(16)26(25-21)18-12-14(23)7-9-20(18)29-3/h7-10,12-13,24H,4-6,11H2,1-3H3. The first kappa shape index (κ1) is 19.5. The molecule has 0 saturated heterocycles. The quantitative estimate of drug-likeness (QED) is 0.640. The molecule has 0 radical (unpaired) electrons. The molecule has 1 N–H and O–H groups in total. The van der Waals surface area contributed by atoms with E-state index in [9.17, 15) is 0 Å². The van der Waals surface area contributed by atoms with Crippen molar-refractivity contribution in [2.24, 2.45) is 0 Å². The number of rotatable bonds is 5. The lowest BCUT2D eigenvalue weighted by Crippen LogP contribution is -2.08. The fourth-order valence-corrected chi connectivity index (χ4v) is 3.89. The number of benzene rings is 2. The Morgan fingerprint density at radius 3 is 2.52 bits per heavy atom. The number of ether oxygens (including phenoxy) is 3. The molecule has 0 unspecified atom stereocenters. The fourth-order valence-electron chi connectivity index (χ4n) is 3.72. The SMILES string of the molecule is COc1ccc(OC)c(-c2nn(-c3cc(Cl)ccc3OC)c3c2CCCCN3)c1. The minimum absolute atomic E-state index is 0.624. The van der Waals surface area contributed by atoms with Crippen LogP contribution in [0.5, 0.6) is 17.2 Å². The van der Waals surface area contributed by atoms with Crippen LogP contribution in [0.4, 0.5) is 5.82 Å². The number of anilines is 1. The van der Waals surface area contributed by atoms with E-state index in [0.29, 0.717) is 10.8 Å². The van der Waals surface area contributed by atoms with Crippen LogP contribution < -0.4 is 19.5 Å². The second kappa shape index (κ2) is 8.25. The number of fused-ring (bicyclic) bond motifs is 1. The molecule has 7 heteroatoms. The zero-order valence-corrected chi connectivity index (χ0v) is 17.5. The van der Waals surface area contributed by atoms with Crippen molar-refractivity contribution in [3.8, 4) is 34.2 Å². The monoisotopic (exact) mass is 413 g/mol. The second-order valence-electron chi connectivity index (χ2n) is 6.85. The molecule has 2 aromatic carbocycles. The van der Waals surface area contributed by atoms with Gasteiger partial charge < -0.3 is 19.5 Å². The highest BCUT2D eigenvalue weighted by Crippen LogP contribution is 2.41. The maximum Gasteiger partial charge on any atom is 0.144 e. The van der Waals surface area contributed by atoms with Gasteiger partial charge in [0.15, 0.2) is 0 Å². The fraction of sp³-hybridized carbons (Fsp3) is 0.318. The van der Waals surface area contributed by atoms with E-state index < -0.39 is 0 Å². The lowest BCUT2D eigenvalue weighted by atomic mass is 10.0. The van der Waals surface area contributed by atoms with Gasteiger partial charge in [0.25, 0.3) is 0 Å². The molecule has 0 atom stereocenters. The van der Waals surface area contributed by atoms with Gasteiger partial charge in [0, 0.05) is 22.7 Å². The maximum atomic E-state index is 6.30. The lowest BCUT2D eigenvalue weighted by Gasteiger charge is -2.13. The molecule has 0 fully saturated rings. The van der Waals surface area contributed by atoms with Gasteiger partial charge >= 0.3 is 0 Å². The van der Waals surface area contributed by atoms with Gasteiger partial charge in [0.1, 0.15) is 34.4 Å². The number of nitrogens with zero attached hydrogens (tertiary/aromatic N) is 2. The van der Waals surface area contributed by atoms with Crippen molar-refractivity contribution in [1.82, 2.24) is 9.78 Å². The van der Waals surface area contributed by atoms with Crippen molar-refractivity contribution < 1.29 is 14.2 Å². The van der Waals surface area contributed by atoms with Crippen LogP contribution in [-0.4, -0.2) is 37.7 Å². The Kier molecular flexibility index (Phi) is 5.53. The molecule has 0 amide bonds. The molecular weight excluding hydrogens is 390 g/mol. The average Bonchev–Trinajstić information content (AvgIpc) is 2.93. The number of hydrogen-bond acceptors (Lipinski definition) is 5. The van der Waals surface area contributed by atoms with Crippen LogP contribution in [0.1, 0.15) is 18.4 Å². The Labute approximate surface area is 175 Å². The van der Waals surface area contributed by atoms with Crippen molar-refractivity contribution in [3.05, 3.63) is 47.0 Å². The van der Waals surface area contributed by atoms with E-state index in [1.54, 1.807) is 21.3 Å². The zero-order valence-electron chi connectivity index (χ0n) is 16.8. The summed E-state index contributed by atoms with van der Waals surface area (Å²) in [5, 5.41) is 9.16. The predicted octanol–water partition coefficient (Wildman–Crippen LogP) is 4.97. The largest absolute Gasteiger partial charge is 0.497 e. The van der Waals surface area contributed by atoms with Gasteiger partial charge in [-0.15, -0.1) is 0 Å². The van der Waals surface area contributed by atoms with Gasteiger partial charge in [-0.1, -0.05) is 11.6 Å². The molecule has 0 bridgehead atoms. The molecule has 1 aromatic heterocycles. The molecule has 6 nitrogen and oxygen atoms in total. The molecule has 1 aliphatic rings. The second-order valence-corrected chi connectivity index (χ2v) is 7.29. The summed E-state index contributed by atoms with van der Waals surface area (Å²) in [4.78, 5) is 0. The van der Waals surface area contributed by atoms with Crippen molar-refractivity contribution in [3.63, 3.8) is 0 Å². The summed E-state index contributed by atoms with van der Waals surface area (Å²) in [6, 6.07) is 11.3. The smallest absolute Gasteiger partial charge is 0.144 e. The Balaban J connectivity index is 1.98. The van der Waals surface area contributed by atoms with Crippen LogP contribution >= 0.6 is 11.6 Å². The Hall–Kier alpha value is -2.86. The van der Waals surface area contributed by atoms with Crippen LogP contribution in [-0.2, 0) is 6.42 Å². The number of hydrogen-bond donors (Lipinski definition) is 1. The highest BCUT2D eigenvalue weighted by atomic mass is 35.5. The highest BCUT2D eigenvalue weighted by Gasteiger charge is 2.25. The van der Waals surface area contributed by atoms with E-state index in [4.69, 9.17) is 30.9 Å². The summed E-state index contributed by atoms with van der Waals surface area (Å²) in [5.74, 6) is 3.17. The number of nitrogens with one attached hydrogen (secondary N) is 1. The first-order valence-corrected chi connectivity index (χ1v) is 9.96. The summed E-state index contributed by atoms with van der Waals surface area (Å²) in [7, 11) is 4.97. The summed E-state index contributed by atoms with van der Waals surface area (Å²) >= 11 is 6.30. The summed E-state index contributed by atoms with van der Waals surface area (Å²) in [5.41, 5.74) is 3.70. The van der Waals surface area contributed by atoms with E-state index in [1.807, 2.05) is 41.1 Å². The minimum atomic E-state index is 0.624. The van der Waals surface area contributed by atoms with E-state index in [0.717, 1.165) is 65.6 Å². The lowest BCUT2D eigenvalue weighted by molar-refractivity contribution is 0.404. The highest BCUT2D eigenvalue weighted by molar-refractivity contribution is 6.30. The van der Waals surface area contributed by atoms with Crippen molar-refractivity contribution in [2.45, 2.75) is 19.3 Å². The number of aromatic nitrogens is 2.